The number of aliphatic hydroxyl groups excluding tert-OH is 1. The van der Waals surface area contributed by atoms with Crippen LogP contribution in [0.25, 0.3) is 0 Å². The molecule has 3 aliphatic carbocycles. The Hall–Kier alpha value is -3.11. The molecule has 5 rings (SSSR count). The Balaban J connectivity index is 1.41. The maximum Gasteiger partial charge on any atom is 0.344 e. The molecular weight excluding hydrogens is 460 g/mol. The number of esters is 2. The van der Waals surface area contributed by atoms with Crippen LogP contribution in [-0.4, -0.2) is 64.3 Å². The van der Waals surface area contributed by atoms with Crippen LogP contribution in [0.15, 0.2) is 24.0 Å². The summed E-state index contributed by atoms with van der Waals surface area (Å²) in [4.78, 5) is 35.4. The number of methoxy groups -OCH3 is 1. The zero-order chi connectivity index (χ0) is 25.1. The smallest absolute Gasteiger partial charge is 0.344 e. The third-order valence-corrected chi connectivity index (χ3v) is 7.97. The molecule has 0 amide bonds. The van der Waals surface area contributed by atoms with E-state index in [0.717, 1.165) is 37.3 Å². The molecule has 188 valence electrons. The molecule has 3 N–H and O–H groups in total. The molecule has 0 saturated heterocycles. The molecule has 1 heterocycles. The van der Waals surface area contributed by atoms with Gasteiger partial charge in [0.05, 0.1) is 24.5 Å². The monoisotopic (exact) mass is 488 g/mol. The van der Waals surface area contributed by atoms with E-state index in [-0.39, 0.29) is 18.1 Å². The molecule has 2 bridgehead atoms. The maximum atomic E-state index is 12.7. The molecule has 0 radical (unpaired) electrons. The van der Waals surface area contributed by atoms with Crippen molar-refractivity contribution in [3.8, 4) is 11.5 Å². The summed E-state index contributed by atoms with van der Waals surface area (Å²) in [6.07, 6.45) is 0.231. The zero-order valence-electron chi connectivity index (χ0n) is 19.5. The van der Waals surface area contributed by atoms with E-state index in [1.807, 2.05) is 12.1 Å². The number of hydrogen-bond acceptors (Lipinski definition) is 9. The molecule has 1 aliphatic heterocycles. The summed E-state index contributed by atoms with van der Waals surface area (Å²) in [6, 6.07) is 3.85. The number of carbonyl (C=O) groups excluding carboxylic acids is 2. The number of rotatable bonds is 7. The number of aliphatic hydroxyl groups is 2. The minimum Gasteiger partial charge on any atom is -0.493 e. The second-order valence-corrected chi connectivity index (χ2v) is 9.74. The Morgan fingerprint density at radius 3 is 2.77 bits per heavy atom. The van der Waals surface area contributed by atoms with Crippen molar-refractivity contribution in [1.29, 1.82) is 0 Å². The van der Waals surface area contributed by atoms with Crippen LogP contribution >= 0.6 is 0 Å². The van der Waals surface area contributed by atoms with Gasteiger partial charge >= 0.3 is 17.9 Å². The van der Waals surface area contributed by atoms with Crippen LogP contribution in [0.1, 0.15) is 50.2 Å². The minimum absolute atomic E-state index is 0.0375. The number of aliphatic carboxylic acids is 1. The summed E-state index contributed by atoms with van der Waals surface area (Å²) in [5, 5.41) is 30.9. The van der Waals surface area contributed by atoms with Crippen LogP contribution in [0.3, 0.4) is 0 Å². The first-order valence-electron chi connectivity index (χ1n) is 11.7. The summed E-state index contributed by atoms with van der Waals surface area (Å²) in [5.41, 5.74) is 0.142. The first kappa shape index (κ1) is 23.6. The molecule has 0 unspecified atom stereocenters. The highest BCUT2D eigenvalue weighted by molar-refractivity contribution is 5.84. The van der Waals surface area contributed by atoms with Gasteiger partial charge in [0.25, 0.3) is 0 Å². The summed E-state index contributed by atoms with van der Waals surface area (Å²) < 4.78 is 22.1. The quantitative estimate of drug-likeness (QED) is 0.481. The van der Waals surface area contributed by atoms with Crippen molar-refractivity contribution in [3.05, 3.63) is 35.1 Å². The van der Waals surface area contributed by atoms with Crippen molar-refractivity contribution < 1.29 is 48.7 Å². The molecule has 35 heavy (non-hydrogen) atoms. The summed E-state index contributed by atoms with van der Waals surface area (Å²) in [7, 11) is 1.54. The summed E-state index contributed by atoms with van der Waals surface area (Å²) in [6.45, 7) is 1.14. The fourth-order valence-electron chi connectivity index (χ4n) is 6.40. The number of ether oxygens (including phenoxy) is 4. The largest absolute Gasteiger partial charge is 0.493 e. The average Bonchev–Trinajstić information content (AvgIpc) is 3.15. The lowest BCUT2D eigenvalue weighted by Gasteiger charge is -2.59. The van der Waals surface area contributed by atoms with Crippen LogP contribution in [0.2, 0.25) is 0 Å². The first-order valence-corrected chi connectivity index (χ1v) is 11.7. The first-order chi connectivity index (χ1) is 16.6. The SMILES string of the molecule is COc1ccc2c3c1O[C@@H]1C(OC(=O)C[C@H](O)C(=O)O[C@@H](C)C(=O)O)=CC[C@]4(O)[C@@H](CCC[C@@]314)C2. The van der Waals surface area contributed by atoms with Gasteiger partial charge in [-0.1, -0.05) is 12.5 Å². The number of carboxylic acid groups (broad SMARTS) is 1. The molecule has 4 aliphatic rings. The van der Waals surface area contributed by atoms with Gasteiger partial charge < -0.3 is 34.3 Å². The van der Waals surface area contributed by atoms with Gasteiger partial charge in [0.1, 0.15) is 5.76 Å². The fourth-order valence-corrected chi connectivity index (χ4v) is 6.40. The number of carboxylic acids is 1. The number of carbonyl (C=O) groups is 3. The highest BCUT2D eigenvalue weighted by Gasteiger charge is 2.70. The molecule has 1 aromatic carbocycles. The molecule has 1 spiro atoms. The molecule has 10 heteroatoms. The van der Waals surface area contributed by atoms with Crippen molar-refractivity contribution in [3.63, 3.8) is 0 Å². The third kappa shape index (κ3) is 3.34. The lowest BCUT2D eigenvalue weighted by molar-refractivity contribution is -0.172. The Bertz CT molecular complexity index is 1130. The third-order valence-electron chi connectivity index (χ3n) is 7.97. The highest BCUT2D eigenvalue weighted by atomic mass is 16.6. The molecule has 1 aromatic rings. The van der Waals surface area contributed by atoms with E-state index in [9.17, 15) is 24.6 Å². The summed E-state index contributed by atoms with van der Waals surface area (Å²) >= 11 is 0. The Morgan fingerprint density at radius 1 is 1.29 bits per heavy atom. The van der Waals surface area contributed by atoms with E-state index >= 15 is 0 Å². The van der Waals surface area contributed by atoms with E-state index in [4.69, 9.17) is 19.3 Å². The van der Waals surface area contributed by atoms with Crippen LogP contribution in [0.4, 0.5) is 0 Å². The average molecular weight is 488 g/mol. The van der Waals surface area contributed by atoms with E-state index in [2.05, 4.69) is 4.74 Å². The fraction of sp³-hybridized carbons (Fsp3) is 0.560. The maximum absolute atomic E-state index is 12.7. The summed E-state index contributed by atoms with van der Waals surface area (Å²) in [5.74, 6) is -2.18. The van der Waals surface area contributed by atoms with Crippen molar-refractivity contribution in [1.82, 2.24) is 0 Å². The lowest BCUT2D eigenvalue weighted by atomic mass is 9.47. The van der Waals surface area contributed by atoms with Crippen molar-refractivity contribution in [2.24, 2.45) is 5.92 Å². The van der Waals surface area contributed by atoms with Gasteiger partial charge in [-0.2, -0.15) is 0 Å². The predicted molar refractivity (Wildman–Crippen MR) is 118 cm³/mol. The van der Waals surface area contributed by atoms with Crippen LogP contribution < -0.4 is 9.47 Å². The molecule has 6 atom stereocenters. The lowest BCUT2D eigenvalue weighted by Crippen LogP contribution is -2.67. The van der Waals surface area contributed by atoms with Gasteiger partial charge in [-0.05, 0) is 56.2 Å². The standard InChI is InChI=1S/C25H28O10/c1-12(22(28)29)33-23(30)15(26)11-18(27)34-17-7-9-25(31)14-4-3-8-24(25)19-13(10-14)5-6-16(32-2)20(19)35-21(17)24/h5-7,12,14-15,21,26,31H,3-4,8-11H2,1-2H3,(H,28,29)/t12-,14-,15-,21+,24+,25-/m0/s1. The minimum atomic E-state index is -1.88. The molecule has 1 saturated carbocycles. The van der Waals surface area contributed by atoms with Gasteiger partial charge in [0, 0.05) is 5.56 Å². The normalized spacial score (nSPS) is 31.3. The van der Waals surface area contributed by atoms with E-state index < -0.39 is 53.7 Å². The Labute approximate surface area is 201 Å². The van der Waals surface area contributed by atoms with Gasteiger partial charge in [0.15, 0.2) is 29.8 Å². The Kier molecular flexibility index (Phi) is 5.56. The van der Waals surface area contributed by atoms with Gasteiger partial charge in [-0.15, -0.1) is 0 Å². The number of benzene rings is 1. The molecule has 1 fully saturated rings. The second-order valence-electron chi connectivity index (χ2n) is 9.74. The van der Waals surface area contributed by atoms with Crippen LogP contribution in [-0.2, 0) is 35.7 Å². The predicted octanol–water partition coefficient (Wildman–Crippen LogP) is 1.38. The zero-order valence-corrected chi connectivity index (χ0v) is 19.5. The van der Waals surface area contributed by atoms with E-state index in [0.29, 0.717) is 17.9 Å². The molecule has 0 aromatic heterocycles. The molecule has 10 nitrogen and oxygen atoms in total. The van der Waals surface area contributed by atoms with Gasteiger partial charge in [-0.3, -0.25) is 4.79 Å². The van der Waals surface area contributed by atoms with Crippen molar-refractivity contribution in [2.75, 3.05) is 7.11 Å². The van der Waals surface area contributed by atoms with E-state index in [1.54, 1.807) is 13.2 Å². The van der Waals surface area contributed by atoms with Crippen LogP contribution in [0.5, 0.6) is 11.5 Å². The van der Waals surface area contributed by atoms with Gasteiger partial charge in [-0.25, -0.2) is 9.59 Å². The van der Waals surface area contributed by atoms with Crippen molar-refractivity contribution in [2.45, 2.75) is 74.8 Å². The van der Waals surface area contributed by atoms with Gasteiger partial charge in [0.2, 0.25) is 0 Å². The number of hydrogen-bond donors (Lipinski definition) is 3. The highest BCUT2D eigenvalue weighted by Crippen LogP contribution is 2.67. The van der Waals surface area contributed by atoms with Crippen molar-refractivity contribution >= 4 is 17.9 Å². The van der Waals surface area contributed by atoms with E-state index in [1.165, 1.54) is 0 Å². The second kappa shape index (κ2) is 8.23. The topological polar surface area (TPSA) is 149 Å². The Morgan fingerprint density at radius 2 is 2.06 bits per heavy atom. The van der Waals surface area contributed by atoms with Crippen LogP contribution in [0, 0.1) is 5.92 Å². The molecular formula is C25H28O10.